The predicted octanol–water partition coefficient (Wildman–Crippen LogP) is 4.60. The number of hydrogen-bond donors (Lipinski definition) is 4. The van der Waals surface area contributed by atoms with Crippen LogP contribution in [0.3, 0.4) is 0 Å². The summed E-state index contributed by atoms with van der Waals surface area (Å²) < 4.78 is 30.5. The highest BCUT2D eigenvalue weighted by Gasteiger charge is 2.55. The van der Waals surface area contributed by atoms with E-state index in [-0.39, 0.29) is 29.5 Å². The Morgan fingerprint density at radius 2 is 1.77 bits per heavy atom. The lowest BCUT2D eigenvalue weighted by Crippen LogP contribution is -2.36. The van der Waals surface area contributed by atoms with Gasteiger partial charge in [-0.3, -0.25) is 10.2 Å². The standard InChI is InChI=1S/C22H20F2N6/c23-13-5-15-11(22(25)30-29-15)4-10(13)20-18-9-2-1-8(3-9)17(18)19-12-7-26-28-16(12)6-14(24)21(19)27-20/h4-9,17-18,20,27H,1-3H2,(H,26,28)(H3,25,29,30)/t8?,9?,17-,18+,20-/m0/s1. The van der Waals surface area contributed by atoms with Crippen molar-refractivity contribution < 1.29 is 8.78 Å². The Bertz CT molecular complexity index is 1340. The molecule has 152 valence electrons. The molecule has 0 radical (unpaired) electrons. The second-order valence-electron chi connectivity index (χ2n) is 9.06. The summed E-state index contributed by atoms with van der Waals surface area (Å²) in [6.07, 6.45) is 5.18. The van der Waals surface area contributed by atoms with E-state index in [1.54, 1.807) is 12.3 Å². The van der Waals surface area contributed by atoms with Crippen molar-refractivity contribution in [2.75, 3.05) is 11.1 Å². The van der Waals surface area contributed by atoms with Gasteiger partial charge in [0.05, 0.1) is 29.0 Å². The van der Waals surface area contributed by atoms with Crippen LogP contribution in [0, 0.1) is 29.4 Å². The van der Waals surface area contributed by atoms with E-state index in [1.165, 1.54) is 12.1 Å². The maximum Gasteiger partial charge on any atom is 0.153 e. The van der Waals surface area contributed by atoms with Crippen molar-refractivity contribution in [3.8, 4) is 0 Å². The lowest BCUT2D eigenvalue weighted by molar-refractivity contribution is 0.245. The zero-order valence-electron chi connectivity index (χ0n) is 16.0. The Labute approximate surface area is 170 Å². The lowest BCUT2D eigenvalue weighted by Gasteiger charge is -2.44. The monoisotopic (exact) mass is 406 g/mol. The number of halogens is 2. The molecule has 30 heavy (non-hydrogen) atoms. The summed E-state index contributed by atoms with van der Waals surface area (Å²) in [6.45, 7) is 0. The van der Waals surface area contributed by atoms with Crippen LogP contribution in [-0.4, -0.2) is 20.4 Å². The van der Waals surface area contributed by atoms with Gasteiger partial charge in [0.15, 0.2) is 5.82 Å². The van der Waals surface area contributed by atoms with Gasteiger partial charge in [-0.25, -0.2) is 8.78 Å². The molecule has 8 heteroatoms. The molecule has 5 N–H and O–H groups in total. The third-order valence-corrected chi connectivity index (χ3v) is 7.78. The molecular weight excluding hydrogens is 386 g/mol. The molecule has 1 aliphatic heterocycles. The molecule has 0 spiro atoms. The van der Waals surface area contributed by atoms with Crippen LogP contribution in [0.5, 0.6) is 0 Å². The van der Waals surface area contributed by atoms with E-state index >= 15 is 8.78 Å². The number of H-pyrrole nitrogens is 2. The predicted molar refractivity (Wildman–Crippen MR) is 110 cm³/mol. The molecule has 7 rings (SSSR count). The third kappa shape index (κ3) is 1.96. The van der Waals surface area contributed by atoms with Gasteiger partial charge in [-0.2, -0.15) is 10.2 Å². The van der Waals surface area contributed by atoms with Gasteiger partial charge in [0.25, 0.3) is 0 Å². The van der Waals surface area contributed by atoms with Gasteiger partial charge in [-0.15, -0.1) is 0 Å². The Morgan fingerprint density at radius 1 is 0.967 bits per heavy atom. The number of nitrogens with two attached hydrogens (primary N) is 1. The summed E-state index contributed by atoms with van der Waals surface area (Å²) in [6, 6.07) is 4.40. The molecule has 2 aromatic heterocycles. The maximum absolute atomic E-state index is 15.3. The number of fused-ring (bicyclic) bond motifs is 10. The van der Waals surface area contributed by atoms with Crippen LogP contribution < -0.4 is 11.1 Å². The Balaban J connectivity index is 1.48. The summed E-state index contributed by atoms with van der Waals surface area (Å²) in [4.78, 5) is 0. The van der Waals surface area contributed by atoms with Gasteiger partial charge in [0.2, 0.25) is 0 Å². The molecule has 5 atom stereocenters. The van der Waals surface area contributed by atoms with Crippen molar-refractivity contribution in [3.63, 3.8) is 0 Å². The largest absolute Gasteiger partial charge is 0.382 e. The number of aromatic nitrogens is 4. The summed E-state index contributed by atoms with van der Waals surface area (Å²) in [7, 11) is 0. The van der Waals surface area contributed by atoms with Crippen molar-refractivity contribution >= 4 is 33.3 Å². The van der Waals surface area contributed by atoms with Crippen LogP contribution in [0.4, 0.5) is 20.3 Å². The minimum Gasteiger partial charge on any atom is -0.382 e. The highest BCUT2D eigenvalue weighted by Crippen LogP contribution is 2.65. The van der Waals surface area contributed by atoms with Crippen LogP contribution in [0.15, 0.2) is 24.4 Å². The number of hydrogen-bond acceptors (Lipinski definition) is 4. The summed E-state index contributed by atoms with van der Waals surface area (Å²) in [5.41, 5.74) is 9.31. The fraction of sp³-hybridized carbons (Fsp3) is 0.364. The number of nitrogens with one attached hydrogen (secondary N) is 3. The third-order valence-electron chi connectivity index (χ3n) is 7.78. The lowest BCUT2D eigenvalue weighted by atomic mass is 9.67. The highest BCUT2D eigenvalue weighted by atomic mass is 19.1. The second-order valence-corrected chi connectivity index (χ2v) is 9.06. The molecule has 2 aliphatic carbocycles. The van der Waals surface area contributed by atoms with E-state index in [0.717, 1.165) is 30.2 Å². The van der Waals surface area contributed by atoms with E-state index in [2.05, 4.69) is 25.7 Å². The summed E-state index contributed by atoms with van der Waals surface area (Å²) in [5.74, 6) is 1.09. The first kappa shape index (κ1) is 16.6. The van der Waals surface area contributed by atoms with Gasteiger partial charge >= 0.3 is 0 Å². The van der Waals surface area contributed by atoms with Crippen LogP contribution in [0.2, 0.25) is 0 Å². The van der Waals surface area contributed by atoms with E-state index in [4.69, 9.17) is 5.73 Å². The molecule has 2 aromatic carbocycles. The molecule has 6 nitrogen and oxygen atoms in total. The van der Waals surface area contributed by atoms with E-state index in [1.807, 2.05) is 0 Å². The fourth-order valence-corrected chi connectivity index (χ4v) is 6.67. The van der Waals surface area contributed by atoms with Gasteiger partial charge in [-0.05, 0) is 60.6 Å². The molecule has 0 amide bonds. The number of nitrogen functional groups attached to an aromatic ring is 1. The topological polar surface area (TPSA) is 95.4 Å². The van der Waals surface area contributed by atoms with Crippen LogP contribution >= 0.6 is 0 Å². The van der Waals surface area contributed by atoms with Crippen molar-refractivity contribution in [1.29, 1.82) is 0 Å². The Hall–Kier alpha value is -3.16. The van der Waals surface area contributed by atoms with Crippen LogP contribution in [0.25, 0.3) is 21.8 Å². The summed E-state index contributed by atoms with van der Waals surface area (Å²) in [5, 5.41) is 18.9. The minimum absolute atomic E-state index is 0.192. The zero-order chi connectivity index (χ0) is 20.1. The average molecular weight is 406 g/mol. The first-order valence-electron chi connectivity index (χ1n) is 10.4. The van der Waals surface area contributed by atoms with Crippen molar-refractivity contribution in [2.45, 2.75) is 31.2 Å². The molecule has 3 aliphatic rings. The van der Waals surface area contributed by atoms with Gasteiger partial charge in [0, 0.05) is 22.4 Å². The molecular formula is C22H20F2N6. The minimum atomic E-state index is -0.322. The molecule has 4 aromatic rings. The Morgan fingerprint density at radius 3 is 2.67 bits per heavy atom. The van der Waals surface area contributed by atoms with Crippen LogP contribution in [-0.2, 0) is 0 Å². The maximum atomic E-state index is 15.3. The number of benzene rings is 2. The van der Waals surface area contributed by atoms with Crippen LogP contribution in [0.1, 0.15) is 42.3 Å². The van der Waals surface area contributed by atoms with E-state index in [9.17, 15) is 0 Å². The number of rotatable bonds is 1. The molecule has 2 bridgehead atoms. The molecule has 3 heterocycles. The summed E-state index contributed by atoms with van der Waals surface area (Å²) >= 11 is 0. The molecule has 2 unspecified atom stereocenters. The van der Waals surface area contributed by atoms with E-state index in [0.29, 0.717) is 45.3 Å². The zero-order valence-corrected chi connectivity index (χ0v) is 16.0. The van der Waals surface area contributed by atoms with Gasteiger partial charge < -0.3 is 11.1 Å². The molecule has 2 saturated carbocycles. The number of aromatic amines is 2. The first-order valence-corrected chi connectivity index (χ1v) is 10.4. The van der Waals surface area contributed by atoms with Crippen molar-refractivity contribution in [3.05, 3.63) is 47.2 Å². The molecule has 2 fully saturated rings. The van der Waals surface area contributed by atoms with E-state index < -0.39 is 0 Å². The van der Waals surface area contributed by atoms with Crippen molar-refractivity contribution in [2.24, 2.45) is 17.8 Å². The SMILES string of the molecule is Nc1n[nH]c2cc(F)c([C@@H]3Nc4c(F)cc5[nH]ncc5c4[C@H]4C5CCC(C5)[C@@H]34)cc12. The number of nitrogens with zero attached hydrogens (tertiary/aromatic N) is 2. The van der Waals surface area contributed by atoms with Crippen molar-refractivity contribution in [1.82, 2.24) is 20.4 Å². The smallest absolute Gasteiger partial charge is 0.153 e. The Kier molecular flexibility index (Phi) is 3.05. The quantitative estimate of drug-likeness (QED) is 0.372. The van der Waals surface area contributed by atoms with Gasteiger partial charge in [-0.1, -0.05) is 0 Å². The highest BCUT2D eigenvalue weighted by molar-refractivity contribution is 5.91. The average Bonchev–Trinajstić information content (AvgIpc) is 3.51. The number of anilines is 2. The van der Waals surface area contributed by atoms with Gasteiger partial charge in [0.1, 0.15) is 11.6 Å². The normalized spacial score (nSPS) is 29.3. The second kappa shape index (κ2) is 5.50. The fourth-order valence-electron chi connectivity index (χ4n) is 6.67. The first-order chi connectivity index (χ1) is 14.6. The molecule has 0 saturated heterocycles.